The van der Waals surface area contributed by atoms with Crippen LogP contribution >= 0.6 is 0 Å². The first-order valence-corrected chi connectivity index (χ1v) is 6.97. The average molecular weight is 252 g/mol. The Morgan fingerprint density at radius 2 is 1.63 bits per heavy atom. The van der Waals surface area contributed by atoms with E-state index in [0.29, 0.717) is 0 Å². The van der Waals surface area contributed by atoms with Gasteiger partial charge in [-0.25, -0.2) is 0 Å². The van der Waals surface area contributed by atoms with Crippen LogP contribution in [0.3, 0.4) is 0 Å². The molecular weight excluding hydrogens is 232 g/mol. The summed E-state index contributed by atoms with van der Waals surface area (Å²) in [5.41, 5.74) is 6.60. The van der Waals surface area contributed by atoms with Crippen molar-refractivity contribution in [2.45, 2.75) is 39.7 Å². The van der Waals surface area contributed by atoms with Crippen molar-refractivity contribution in [1.82, 2.24) is 0 Å². The normalized spacial score (nSPS) is 17.7. The standard InChI is InChI=1S/C18H20O/c1-12-4-6-15(7-5-12)17-9-8-16-10-13(2)14(3)11-18(16)19-17/h4-7,10-11,17H,8-9H2,1-3H3. The van der Waals surface area contributed by atoms with Gasteiger partial charge in [-0.15, -0.1) is 0 Å². The average Bonchev–Trinajstić information content (AvgIpc) is 2.40. The summed E-state index contributed by atoms with van der Waals surface area (Å²) in [7, 11) is 0. The van der Waals surface area contributed by atoms with Gasteiger partial charge in [0.25, 0.3) is 0 Å². The highest BCUT2D eigenvalue weighted by atomic mass is 16.5. The Balaban J connectivity index is 1.89. The van der Waals surface area contributed by atoms with Crippen LogP contribution in [0.4, 0.5) is 0 Å². The third-order valence-electron chi connectivity index (χ3n) is 4.07. The number of aryl methyl sites for hydroxylation is 4. The molecule has 0 N–H and O–H groups in total. The molecule has 1 nitrogen and oxygen atoms in total. The van der Waals surface area contributed by atoms with Crippen molar-refractivity contribution in [3.8, 4) is 5.75 Å². The molecule has 2 aromatic rings. The summed E-state index contributed by atoms with van der Waals surface area (Å²) < 4.78 is 6.19. The number of fused-ring (bicyclic) bond motifs is 1. The first-order valence-electron chi connectivity index (χ1n) is 6.97. The molecule has 0 aromatic heterocycles. The van der Waals surface area contributed by atoms with Crippen molar-refractivity contribution in [2.24, 2.45) is 0 Å². The Hall–Kier alpha value is -1.76. The van der Waals surface area contributed by atoms with Gasteiger partial charge in [0.1, 0.15) is 11.9 Å². The van der Waals surface area contributed by atoms with Gasteiger partial charge in [0, 0.05) is 0 Å². The van der Waals surface area contributed by atoms with Gasteiger partial charge in [-0.05, 0) is 61.9 Å². The summed E-state index contributed by atoms with van der Waals surface area (Å²) in [5, 5.41) is 0. The number of benzene rings is 2. The van der Waals surface area contributed by atoms with Crippen molar-refractivity contribution in [1.29, 1.82) is 0 Å². The van der Waals surface area contributed by atoms with E-state index in [0.717, 1.165) is 18.6 Å². The van der Waals surface area contributed by atoms with Crippen LogP contribution in [-0.4, -0.2) is 0 Å². The van der Waals surface area contributed by atoms with Gasteiger partial charge in [0.15, 0.2) is 0 Å². The number of ether oxygens (including phenoxy) is 1. The van der Waals surface area contributed by atoms with Crippen molar-refractivity contribution in [3.63, 3.8) is 0 Å². The van der Waals surface area contributed by atoms with Gasteiger partial charge < -0.3 is 4.74 Å². The first-order chi connectivity index (χ1) is 9.13. The van der Waals surface area contributed by atoms with Crippen LogP contribution < -0.4 is 4.74 Å². The minimum atomic E-state index is 0.204. The topological polar surface area (TPSA) is 9.23 Å². The highest BCUT2D eigenvalue weighted by Gasteiger charge is 2.21. The van der Waals surface area contributed by atoms with E-state index in [4.69, 9.17) is 4.74 Å². The first kappa shape index (κ1) is 12.3. The number of hydrogen-bond donors (Lipinski definition) is 0. The third kappa shape index (κ3) is 2.37. The zero-order chi connectivity index (χ0) is 13.4. The van der Waals surface area contributed by atoms with E-state index in [1.807, 2.05) is 0 Å². The predicted molar refractivity (Wildman–Crippen MR) is 78.8 cm³/mol. The molecule has 2 aromatic carbocycles. The largest absolute Gasteiger partial charge is 0.485 e. The second kappa shape index (κ2) is 4.73. The Morgan fingerprint density at radius 1 is 0.947 bits per heavy atom. The molecule has 1 heterocycles. The molecule has 1 atom stereocenters. The van der Waals surface area contributed by atoms with Crippen LogP contribution in [0.25, 0.3) is 0 Å². The minimum Gasteiger partial charge on any atom is -0.485 e. The molecule has 1 aliphatic rings. The van der Waals surface area contributed by atoms with E-state index in [2.05, 4.69) is 57.2 Å². The summed E-state index contributed by atoms with van der Waals surface area (Å²) in [6.45, 7) is 6.43. The fourth-order valence-electron chi connectivity index (χ4n) is 2.67. The van der Waals surface area contributed by atoms with Crippen LogP contribution in [0.15, 0.2) is 36.4 Å². The molecule has 0 radical (unpaired) electrons. The lowest BCUT2D eigenvalue weighted by molar-refractivity contribution is 0.176. The van der Waals surface area contributed by atoms with Crippen LogP contribution in [0, 0.1) is 20.8 Å². The quantitative estimate of drug-likeness (QED) is 0.716. The van der Waals surface area contributed by atoms with E-state index in [9.17, 15) is 0 Å². The molecule has 3 rings (SSSR count). The Morgan fingerprint density at radius 3 is 2.37 bits per heavy atom. The molecule has 19 heavy (non-hydrogen) atoms. The van der Waals surface area contributed by atoms with Gasteiger partial charge in [-0.3, -0.25) is 0 Å². The molecule has 1 heteroatoms. The minimum absolute atomic E-state index is 0.204. The van der Waals surface area contributed by atoms with Crippen molar-refractivity contribution < 1.29 is 4.74 Å². The summed E-state index contributed by atoms with van der Waals surface area (Å²) in [6, 6.07) is 13.2. The molecule has 1 unspecified atom stereocenters. The molecule has 0 fully saturated rings. The van der Waals surface area contributed by atoms with Crippen LogP contribution in [-0.2, 0) is 6.42 Å². The highest BCUT2D eigenvalue weighted by Crippen LogP contribution is 2.36. The van der Waals surface area contributed by atoms with Gasteiger partial charge >= 0.3 is 0 Å². The number of rotatable bonds is 1. The van der Waals surface area contributed by atoms with E-state index >= 15 is 0 Å². The summed E-state index contributed by atoms with van der Waals surface area (Å²) in [4.78, 5) is 0. The molecule has 0 spiro atoms. The molecular formula is C18H20O. The Bertz CT molecular complexity index is 596. The lowest BCUT2D eigenvalue weighted by Gasteiger charge is -2.27. The molecule has 0 aliphatic carbocycles. The SMILES string of the molecule is Cc1ccc(C2CCc3cc(C)c(C)cc3O2)cc1. The zero-order valence-electron chi connectivity index (χ0n) is 11.9. The third-order valence-corrected chi connectivity index (χ3v) is 4.07. The van der Waals surface area contributed by atoms with E-state index in [1.54, 1.807) is 0 Å². The zero-order valence-corrected chi connectivity index (χ0v) is 11.9. The monoisotopic (exact) mass is 252 g/mol. The summed E-state index contributed by atoms with van der Waals surface area (Å²) >= 11 is 0. The van der Waals surface area contributed by atoms with Crippen molar-refractivity contribution in [3.05, 3.63) is 64.2 Å². The maximum Gasteiger partial charge on any atom is 0.124 e. The number of hydrogen-bond acceptors (Lipinski definition) is 1. The molecule has 98 valence electrons. The lowest BCUT2D eigenvalue weighted by Crippen LogP contribution is -2.15. The molecule has 0 saturated carbocycles. The highest BCUT2D eigenvalue weighted by molar-refractivity contribution is 5.43. The summed E-state index contributed by atoms with van der Waals surface area (Å²) in [5.74, 6) is 1.07. The lowest BCUT2D eigenvalue weighted by atomic mass is 9.94. The molecule has 0 saturated heterocycles. The van der Waals surface area contributed by atoms with E-state index in [-0.39, 0.29) is 6.10 Å². The second-order valence-electron chi connectivity index (χ2n) is 5.60. The van der Waals surface area contributed by atoms with Gasteiger partial charge in [-0.1, -0.05) is 35.9 Å². The van der Waals surface area contributed by atoms with Gasteiger partial charge in [0.2, 0.25) is 0 Å². The van der Waals surface area contributed by atoms with Crippen molar-refractivity contribution in [2.75, 3.05) is 0 Å². The van der Waals surface area contributed by atoms with Crippen LogP contribution in [0.2, 0.25) is 0 Å². The van der Waals surface area contributed by atoms with Crippen LogP contribution in [0.5, 0.6) is 5.75 Å². The maximum absolute atomic E-state index is 6.19. The predicted octanol–water partition coefficient (Wildman–Crippen LogP) is 4.68. The van der Waals surface area contributed by atoms with E-state index < -0.39 is 0 Å². The molecule has 0 bridgehead atoms. The smallest absolute Gasteiger partial charge is 0.124 e. The Kier molecular flexibility index (Phi) is 3.06. The van der Waals surface area contributed by atoms with Crippen LogP contribution in [0.1, 0.15) is 40.3 Å². The fraction of sp³-hybridized carbons (Fsp3) is 0.333. The fourth-order valence-corrected chi connectivity index (χ4v) is 2.67. The maximum atomic E-state index is 6.19. The summed E-state index contributed by atoms with van der Waals surface area (Å²) in [6.07, 6.45) is 2.38. The Labute approximate surface area is 115 Å². The second-order valence-corrected chi connectivity index (χ2v) is 5.60. The van der Waals surface area contributed by atoms with Crippen molar-refractivity contribution >= 4 is 0 Å². The van der Waals surface area contributed by atoms with E-state index in [1.165, 1.54) is 27.8 Å². The van der Waals surface area contributed by atoms with Gasteiger partial charge in [0.05, 0.1) is 0 Å². The molecule has 0 amide bonds. The molecule has 1 aliphatic heterocycles. The van der Waals surface area contributed by atoms with Gasteiger partial charge in [-0.2, -0.15) is 0 Å².